The minimum atomic E-state index is -0.993. The van der Waals surface area contributed by atoms with E-state index >= 15 is 0 Å². The van der Waals surface area contributed by atoms with Crippen LogP contribution < -0.4 is 4.90 Å². The fourth-order valence-corrected chi connectivity index (χ4v) is 6.09. The Morgan fingerprint density at radius 2 is 1.96 bits per heavy atom. The van der Waals surface area contributed by atoms with Gasteiger partial charge in [-0.15, -0.1) is 0 Å². The van der Waals surface area contributed by atoms with Crippen LogP contribution in [0, 0.1) is 42.4 Å². The summed E-state index contributed by atoms with van der Waals surface area (Å²) < 4.78 is 6.51. The fourth-order valence-electron chi connectivity index (χ4n) is 6.09. The Labute approximate surface area is 164 Å². The van der Waals surface area contributed by atoms with Gasteiger partial charge in [-0.05, 0) is 60.9 Å². The second kappa shape index (κ2) is 5.47. The number of benzene rings is 2. The Hall–Kier alpha value is -2.61. The summed E-state index contributed by atoms with van der Waals surface area (Å²) in [7, 11) is 0. The molecule has 2 aliphatic carbocycles. The Morgan fingerprint density at radius 3 is 2.75 bits per heavy atom. The van der Waals surface area contributed by atoms with Crippen LogP contribution in [0.2, 0.25) is 0 Å². The van der Waals surface area contributed by atoms with Crippen molar-refractivity contribution in [3.63, 3.8) is 0 Å². The normalized spacial score (nSPS) is 39.4. The number of amides is 1. The molecule has 0 radical (unpaired) electrons. The second-order valence-electron chi connectivity index (χ2n) is 8.51. The van der Waals surface area contributed by atoms with Crippen LogP contribution in [0.25, 0.3) is 0 Å². The molecular weight excluding hydrogens is 350 g/mol. The van der Waals surface area contributed by atoms with Gasteiger partial charge in [0, 0.05) is 17.2 Å². The van der Waals surface area contributed by atoms with E-state index < -0.39 is 11.8 Å². The number of aliphatic hydroxyl groups excluding tert-OH is 1. The molecule has 4 aliphatic rings. The van der Waals surface area contributed by atoms with Gasteiger partial charge in [0.1, 0.15) is 0 Å². The van der Waals surface area contributed by atoms with E-state index in [1.165, 1.54) is 0 Å². The topological polar surface area (TPSA) is 49.8 Å². The summed E-state index contributed by atoms with van der Waals surface area (Å²) in [6.45, 7) is 2.02. The average molecular weight is 371 g/mol. The molecular formula is C24H21NO3. The molecule has 2 bridgehead atoms. The van der Waals surface area contributed by atoms with Crippen LogP contribution in [-0.4, -0.2) is 28.9 Å². The highest BCUT2D eigenvalue weighted by atomic mass is 16.6. The van der Waals surface area contributed by atoms with Crippen LogP contribution in [0.4, 0.5) is 5.69 Å². The Bertz CT molecular complexity index is 1040. The maximum absolute atomic E-state index is 13.6. The Balaban J connectivity index is 1.54. The van der Waals surface area contributed by atoms with Crippen LogP contribution >= 0.6 is 0 Å². The van der Waals surface area contributed by atoms with Gasteiger partial charge in [0.05, 0.1) is 18.1 Å². The molecule has 28 heavy (non-hydrogen) atoms. The predicted molar refractivity (Wildman–Crippen MR) is 104 cm³/mol. The quantitative estimate of drug-likeness (QED) is 0.785. The number of nitrogens with zero attached hydrogens (tertiary/aromatic N) is 1. The highest BCUT2D eigenvalue weighted by Crippen LogP contribution is 2.67. The minimum absolute atomic E-state index is 0.0114. The molecule has 2 saturated carbocycles. The first kappa shape index (κ1) is 16.4. The summed E-state index contributed by atoms with van der Waals surface area (Å²) in [5.74, 6) is 6.68. The number of fused-ring (bicyclic) bond motifs is 2. The lowest BCUT2D eigenvalue weighted by atomic mass is 9.77. The summed E-state index contributed by atoms with van der Waals surface area (Å²) in [6.07, 6.45) is 0.0792. The standard InChI is InChI=1S/C24H21NO3/c1-14-6-5-9-16(12-14)25-23(27)19-17-13-18-20(19)24(25,28-22(18)21(17)26)11-10-15-7-3-2-4-8-15/h2-9,12,17-22,26H,13H2,1H3. The van der Waals surface area contributed by atoms with Crippen molar-refractivity contribution in [2.45, 2.75) is 31.3 Å². The maximum atomic E-state index is 13.6. The Kier molecular flexibility index (Phi) is 3.19. The second-order valence-corrected chi connectivity index (χ2v) is 8.51. The van der Waals surface area contributed by atoms with E-state index in [9.17, 15) is 9.90 Å². The number of hydrogen-bond acceptors (Lipinski definition) is 3. The van der Waals surface area contributed by atoms with Gasteiger partial charge in [-0.3, -0.25) is 9.69 Å². The molecule has 0 spiro atoms. The molecule has 0 aromatic heterocycles. The first-order chi connectivity index (χ1) is 13.6. The minimum Gasteiger partial charge on any atom is -0.390 e. The molecule has 140 valence electrons. The van der Waals surface area contributed by atoms with E-state index in [4.69, 9.17) is 4.74 Å². The Morgan fingerprint density at radius 1 is 1.14 bits per heavy atom. The third-order valence-corrected chi connectivity index (χ3v) is 7.08. The van der Waals surface area contributed by atoms with Crippen molar-refractivity contribution in [2.75, 3.05) is 4.90 Å². The summed E-state index contributed by atoms with van der Waals surface area (Å²) in [6, 6.07) is 17.8. The monoisotopic (exact) mass is 371 g/mol. The summed E-state index contributed by atoms with van der Waals surface area (Å²) >= 11 is 0. The van der Waals surface area contributed by atoms with Crippen molar-refractivity contribution < 1.29 is 14.6 Å². The maximum Gasteiger partial charge on any atom is 0.234 e. The number of aliphatic hydroxyl groups is 1. The number of carbonyl (C=O) groups excluding carboxylic acids is 1. The lowest BCUT2D eigenvalue weighted by Gasteiger charge is -2.35. The van der Waals surface area contributed by atoms with E-state index in [1.54, 1.807) is 4.90 Å². The lowest BCUT2D eigenvalue weighted by Crippen LogP contribution is -2.50. The van der Waals surface area contributed by atoms with E-state index in [2.05, 4.69) is 11.8 Å². The highest BCUT2D eigenvalue weighted by Gasteiger charge is 2.78. The van der Waals surface area contributed by atoms with Crippen LogP contribution in [0.5, 0.6) is 0 Å². The van der Waals surface area contributed by atoms with Crippen LogP contribution in [0.1, 0.15) is 17.5 Å². The van der Waals surface area contributed by atoms with Gasteiger partial charge in [-0.1, -0.05) is 36.3 Å². The van der Waals surface area contributed by atoms with Crippen molar-refractivity contribution >= 4 is 11.6 Å². The summed E-state index contributed by atoms with van der Waals surface area (Å²) in [5, 5.41) is 10.7. The van der Waals surface area contributed by atoms with E-state index in [-0.39, 0.29) is 35.7 Å². The third-order valence-electron chi connectivity index (χ3n) is 7.08. The van der Waals surface area contributed by atoms with Crippen LogP contribution in [-0.2, 0) is 9.53 Å². The van der Waals surface area contributed by atoms with Gasteiger partial charge in [0.2, 0.25) is 11.6 Å². The van der Waals surface area contributed by atoms with Gasteiger partial charge in [-0.25, -0.2) is 0 Å². The molecule has 4 fully saturated rings. The van der Waals surface area contributed by atoms with E-state index in [0.29, 0.717) is 0 Å². The number of aryl methyl sites for hydroxylation is 1. The van der Waals surface area contributed by atoms with Gasteiger partial charge in [0.15, 0.2) is 0 Å². The molecule has 2 aromatic rings. The zero-order valence-corrected chi connectivity index (χ0v) is 15.6. The van der Waals surface area contributed by atoms with Gasteiger partial charge in [0.25, 0.3) is 0 Å². The first-order valence-electron chi connectivity index (χ1n) is 9.95. The molecule has 2 saturated heterocycles. The predicted octanol–water partition coefficient (Wildman–Crippen LogP) is 2.73. The SMILES string of the molecule is Cc1cccc(N2C(=O)C3C4CC5C(OC2(C#Cc2ccccc2)C53)C4O)c1. The molecule has 4 nitrogen and oxygen atoms in total. The average Bonchev–Trinajstić information content (AvgIpc) is 3.36. The summed E-state index contributed by atoms with van der Waals surface area (Å²) in [5.41, 5.74) is 1.83. The molecule has 7 unspecified atom stereocenters. The number of rotatable bonds is 1. The zero-order valence-electron chi connectivity index (χ0n) is 15.6. The smallest absolute Gasteiger partial charge is 0.234 e. The first-order valence-corrected chi connectivity index (χ1v) is 9.95. The molecule has 2 heterocycles. The number of anilines is 1. The van der Waals surface area contributed by atoms with Crippen molar-refractivity contribution in [2.24, 2.45) is 23.7 Å². The fraction of sp³-hybridized carbons (Fsp3) is 0.375. The molecule has 2 aliphatic heterocycles. The van der Waals surface area contributed by atoms with Gasteiger partial charge >= 0.3 is 0 Å². The van der Waals surface area contributed by atoms with Gasteiger partial charge < -0.3 is 9.84 Å². The lowest BCUT2D eigenvalue weighted by molar-refractivity contribution is -0.130. The number of carbonyl (C=O) groups is 1. The number of ether oxygens (including phenoxy) is 1. The molecule has 1 N–H and O–H groups in total. The molecule has 7 atom stereocenters. The van der Waals surface area contributed by atoms with Crippen LogP contribution in [0.15, 0.2) is 54.6 Å². The van der Waals surface area contributed by atoms with Crippen molar-refractivity contribution in [3.05, 3.63) is 65.7 Å². The molecule has 1 amide bonds. The van der Waals surface area contributed by atoms with Crippen molar-refractivity contribution in [1.29, 1.82) is 0 Å². The van der Waals surface area contributed by atoms with Crippen LogP contribution in [0.3, 0.4) is 0 Å². The van der Waals surface area contributed by atoms with Crippen molar-refractivity contribution in [1.82, 2.24) is 0 Å². The molecule has 4 heteroatoms. The van der Waals surface area contributed by atoms with E-state index in [1.807, 2.05) is 61.5 Å². The van der Waals surface area contributed by atoms with Crippen molar-refractivity contribution in [3.8, 4) is 11.8 Å². The highest BCUT2D eigenvalue weighted by molar-refractivity contribution is 6.01. The van der Waals surface area contributed by atoms with Gasteiger partial charge in [-0.2, -0.15) is 0 Å². The molecule has 2 aromatic carbocycles. The zero-order chi connectivity index (χ0) is 19.0. The summed E-state index contributed by atoms with van der Waals surface area (Å²) in [4.78, 5) is 15.3. The largest absolute Gasteiger partial charge is 0.390 e. The molecule has 6 rings (SSSR count). The third kappa shape index (κ3) is 1.91. The number of hydrogen-bond donors (Lipinski definition) is 1. The van der Waals surface area contributed by atoms with E-state index in [0.717, 1.165) is 23.2 Å².